The van der Waals surface area contributed by atoms with E-state index in [9.17, 15) is 9.90 Å². The van der Waals surface area contributed by atoms with Crippen molar-refractivity contribution in [3.63, 3.8) is 0 Å². The summed E-state index contributed by atoms with van der Waals surface area (Å²) >= 11 is 0. The van der Waals surface area contributed by atoms with Crippen molar-refractivity contribution in [1.82, 2.24) is 0 Å². The molecular weight excluding hydrogens is 176 g/mol. The van der Waals surface area contributed by atoms with Crippen molar-refractivity contribution in [2.75, 3.05) is 0 Å². The molecule has 82 valence electrons. The van der Waals surface area contributed by atoms with Gasteiger partial charge in [-0.1, -0.05) is 26.7 Å². The molecule has 1 rings (SSSR count). The van der Waals surface area contributed by atoms with Crippen molar-refractivity contribution in [1.29, 1.82) is 0 Å². The van der Waals surface area contributed by atoms with Gasteiger partial charge in [0.25, 0.3) is 0 Å². The zero-order valence-corrected chi connectivity index (χ0v) is 9.55. The molecular formula is C12H22O2. The van der Waals surface area contributed by atoms with Gasteiger partial charge in [-0.2, -0.15) is 0 Å². The second-order valence-corrected chi connectivity index (χ2v) is 5.10. The van der Waals surface area contributed by atoms with Crippen LogP contribution < -0.4 is 0 Å². The molecule has 1 aliphatic rings. The van der Waals surface area contributed by atoms with Crippen molar-refractivity contribution in [2.24, 2.45) is 11.8 Å². The number of aliphatic hydroxyl groups is 1. The minimum absolute atomic E-state index is 0.0399. The summed E-state index contributed by atoms with van der Waals surface area (Å²) in [4.78, 5) is 11.4. The van der Waals surface area contributed by atoms with Crippen LogP contribution in [0, 0.1) is 11.8 Å². The molecule has 0 amide bonds. The summed E-state index contributed by atoms with van der Waals surface area (Å²) in [5.41, 5.74) is -0.541. The number of hydrogen-bond donors (Lipinski definition) is 1. The molecule has 0 spiro atoms. The highest BCUT2D eigenvalue weighted by Crippen LogP contribution is 2.36. The van der Waals surface area contributed by atoms with E-state index >= 15 is 0 Å². The molecule has 0 aromatic carbocycles. The Morgan fingerprint density at radius 2 is 1.86 bits per heavy atom. The predicted octanol–water partition coefficient (Wildman–Crippen LogP) is 2.54. The molecule has 0 bridgehead atoms. The Morgan fingerprint density at radius 3 is 2.21 bits per heavy atom. The fraction of sp³-hybridized carbons (Fsp3) is 0.917. The molecule has 0 heterocycles. The molecule has 0 radical (unpaired) electrons. The van der Waals surface area contributed by atoms with Crippen LogP contribution in [0.5, 0.6) is 0 Å². The molecule has 0 aromatic rings. The summed E-state index contributed by atoms with van der Waals surface area (Å²) in [6.07, 6.45) is 4.64. The van der Waals surface area contributed by atoms with Crippen LogP contribution in [0.3, 0.4) is 0 Å². The van der Waals surface area contributed by atoms with E-state index in [1.54, 1.807) is 6.92 Å². The van der Waals surface area contributed by atoms with Crippen LogP contribution in [-0.4, -0.2) is 16.5 Å². The van der Waals surface area contributed by atoms with E-state index in [0.29, 0.717) is 12.3 Å². The Kier molecular flexibility index (Phi) is 3.71. The molecule has 0 aliphatic heterocycles. The van der Waals surface area contributed by atoms with Crippen LogP contribution in [0.4, 0.5) is 0 Å². The van der Waals surface area contributed by atoms with Gasteiger partial charge in [0.05, 0.1) is 5.60 Å². The molecule has 2 heteroatoms. The van der Waals surface area contributed by atoms with E-state index < -0.39 is 5.60 Å². The molecule has 1 atom stereocenters. The Labute approximate surface area is 86.7 Å². The van der Waals surface area contributed by atoms with Crippen LogP contribution in [0.2, 0.25) is 0 Å². The van der Waals surface area contributed by atoms with Gasteiger partial charge in [0.1, 0.15) is 5.78 Å². The van der Waals surface area contributed by atoms with E-state index in [1.807, 2.05) is 0 Å². The van der Waals surface area contributed by atoms with Gasteiger partial charge in [-0.15, -0.1) is 0 Å². The molecule has 2 nitrogen and oxygen atoms in total. The van der Waals surface area contributed by atoms with Gasteiger partial charge in [0.15, 0.2) is 0 Å². The zero-order chi connectivity index (χ0) is 10.8. The topological polar surface area (TPSA) is 37.3 Å². The average molecular weight is 198 g/mol. The molecule has 14 heavy (non-hydrogen) atoms. The lowest BCUT2D eigenvalue weighted by molar-refractivity contribution is -0.124. The number of rotatable bonds is 4. The molecule has 1 fully saturated rings. The standard InChI is InChI=1S/C12H22O2/c1-9(2)11(10(3)13)8-12(14)6-4-5-7-12/h9,11,14H,4-8H2,1-3H3. The zero-order valence-electron chi connectivity index (χ0n) is 9.55. The van der Waals surface area contributed by atoms with Gasteiger partial charge in [-0.25, -0.2) is 0 Å². The summed E-state index contributed by atoms with van der Waals surface area (Å²) in [6, 6.07) is 0. The Hall–Kier alpha value is -0.370. The SMILES string of the molecule is CC(=O)C(CC1(O)CCCC1)C(C)C. The summed E-state index contributed by atoms with van der Waals surface area (Å²) in [5.74, 6) is 0.607. The maximum absolute atomic E-state index is 11.4. The summed E-state index contributed by atoms with van der Waals surface area (Å²) in [5, 5.41) is 10.2. The predicted molar refractivity (Wildman–Crippen MR) is 57.0 cm³/mol. The molecule has 0 aromatic heterocycles. The van der Waals surface area contributed by atoms with E-state index in [1.165, 1.54) is 0 Å². The third-order valence-corrected chi connectivity index (χ3v) is 3.46. The van der Waals surface area contributed by atoms with E-state index in [4.69, 9.17) is 0 Å². The fourth-order valence-corrected chi connectivity index (χ4v) is 2.50. The van der Waals surface area contributed by atoms with Gasteiger partial charge in [0, 0.05) is 5.92 Å². The highest BCUT2D eigenvalue weighted by molar-refractivity contribution is 5.78. The molecule has 1 N–H and O–H groups in total. The van der Waals surface area contributed by atoms with Gasteiger partial charge in [-0.3, -0.25) is 4.79 Å². The maximum atomic E-state index is 11.4. The van der Waals surface area contributed by atoms with Crippen LogP contribution in [0.15, 0.2) is 0 Å². The minimum Gasteiger partial charge on any atom is -0.390 e. The van der Waals surface area contributed by atoms with Gasteiger partial charge in [0.2, 0.25) is 0 Å². The van der Waals surface area contributed by atoms with Crippen LogP contribution in [0.1, 0.15) is 52.9 Å². The number of hydrogen-bond acceptors (Lipinski definition) is 2. The van der Waals surface area contributed by atoms with Crippen molar-refractivity contribution in [3.8, 4) is 0 Å². The van der Waals surface area contributed by atoms with Crippen molar-refractivity contribution < 1.29 is 9.90 Å². The lowest BCUT2D eigenvalue weighted by Gasteiger charge is -2.28. The third kappa shape index (κ3) is 2.81. The van der Waals surface area contributed by atoms with Gasteiger partial charge >= 0.3 is 0 Å². The van der Waals surface area contributed by atoms with Crippen molar-refractivity contribution in [3.05, 3.63) is 0 Å². The van der Waals surface area contributed by atoms with E-state index in [0.717, 1.165) is 25.7 Å². The molecule has 1 saturated carbocycles. The first-order chi connectivity index (χ1) is 6.44. The smallest absolute Gasteiger partial charge is 0.133 e. The van der Waals surface area contributed by atoms with Crippen LogP contribution in [-0.2, 0) is 4.79 Å². The Balaban J connectivity index is 2.58. The van der Waals surface area contributed by atoms with E-state index in [2.05, 4.69) is 13.8 Å². The third-order valence-electron chi connectivity index (χ3n) is 3.46. The number of ketones is 1. The molecule has 1 unspecified atom stereocenters. The van der Waals surface area contributed by atoms with Crippen LogP contribution >= 0.6 is 0 Å². The number of carbonyl (C=O) groups excluding carboxylic acids is 1. The highest BCUT2D eigenvalue weighted by atomic mass is 16.3. The maximum Gasteiger partial charge on any atom is 0.133 e. The van der Waals surface area contributed by atoms with Crippen LogP contribution in [0.25, 0.3) is 0 Å². The van der Waals surface area contributed by atoms with Crippen molar-refractivity contribution >= 4 is 5.78 Å². The number of Topliss-reactive ketones (excluding diaryl/α,β-unsaturated/α-hetero) is 1. The normalized spacial score (nSPS) is 22.6. The fourth-order valence-electron chi connectivity index (χ4n) is 2.50. The molecule has 1 aliphatic carbocycles. The first kappa shape index (κ1) is 11.7. The second-order valence-electron chi connectivity index (χ2n) is 5.10. The summed E-state index contributed by atoms with van der Waals surface area (Å²) in [6.45, 7) is 5.76. The van der Waals surface area contributed by atoms with E-state index in [-0.39, 0.29) is 11.7 Å². The average Bonchev–Trinajstić information content (AvgIpc) is 2.48. The highest BCUT2D eigenvalue weighted by Gasteiger charge is 2.35. The largest absolute Gasteiger partial charge is 0.390 e. The second kappa shape index (κ2) is 4.43. The Bertz CT molecular complexity index is 202. The summed E-state index contributed by atoms with van der Waals surface area (Å²) < 4.78 is 0. The van der Waals surface area contributed by atoms with Gasteiger partial charge < -0.3 is 5.11 Å². The van der Waals surface area contributed by atoms with Crippen molar-refractivity contribution in [2.45, 2.75) is 58.5 Å². The first-order valence-electron chi connectivity index (χ1n) is 5.67. The quantitative estimate of drug-likeness (QED) is 0.753. The minimum atomic E-state index is -0.541. The lowest BCUT2D eigenvalue weighted by Crippen LogP contribution is -2.32. The lowest BCUT2D eigenvalue weighted by atomic mass is 9.81. The number of carbonyl (C=O) groups is 1. The van der Waals surface area contributed by atoms with Gasteiger partial charge in [-0.05, 0) is 32.1 Å². The summed E-state index contributed by atoms with van der Waals surface area (Å²) in [7, 11) is 0. The molecule has 0 saturated heterocycles. The first-order valence-corrected chi connectivity index (χ1v) is 5.67. The Morgan fingerprint density at radius 1 is 1.36 bits per heavy atom. The monoisotopic (exact) mass is 198 g/mol.